The van der Waals surface area contributed by atoms with Crippen LogP contribution in [0.4, 0.5) is 14.5 Å². The number of sulfonamides is 1. The maximum absolute atomic E-state index is 13.4. The van der Waals surface area contributed by atoms with Crippen molar-refractivity contribution in [2.45, 2.75) is 10.8 Å². The van der Waals surface area contributed by atoms with Crippen molar-refractivity contribution in [1.82, 2.24) is 0 Å². The van der Waals surface area contributed by atoms with Crippen molar-refractivity contribution in [2.24, 2.45) is 5.73 Å². The second-order valence-electron chi connectivity index (χ2n) is 5.13. The summed E-state index contributed by atoms with van der Waals surface area (Å²) in [7, 11) is -4.14. The second kappa shape index (κ2) is 5.31. The van der Waals surface area contributed by atoms with Crippen LogP contribution in [0.2, 0.25) is 0 Å². The fraction of sp³-hybridized carbons (Fsp3) is 0.133. The van der Waals surface area contributed by atoms with Crippen LogP contribution in [-0.4, -0.2) is 20.9 Å². The van der Waals surface area contributed by atoms with Gasteiger partial charge in [-0.3, -0.25) is 9.10 Å². The van der Waals surface area contributed by atoms with E-state index in [1.54, 1.807) is 18.2 Å². The number of carbonyl (C=O) groups is 1. The standard InChI is InChI=1S/C15H12F2N2O3S/c16-12-6-5-9(7-13(12)17)23(21,22)19-8-11(15(18)20)10-3-1-2-4-14(10)19/h1-7,11H,8H2,(H2,18,20)/t11-/m0/s1. The lowest BCUT2D eigenvalue weighted by Crippen LogP contribution is -2.33. The molecule has 2 N–H and O–H groups in total. The van der Waals surface area contributed by atoms with Crippen LogP contribution < -0.4 is 10.0 Å². The molecule has 0 fully saturated rings. The summed E-state index contributed by atoms with van der Waals surface area (Å²) < 4.78 is 52.8. The van der Waals surface area contributed by atoms with Gasteiger partial charge in [0.1, 0.15) is 0 Å². The second-order valence-corrected chi connectivity index (χ2v) is 6.99. The Bertz CT molecular complexity index is 899. The normalized spacial score (nSPS) is 17.1. The highest BCUT2D eigenvalue weighted by molar-refractivity contribution is 7.92. The molecule has 2 aromatic carbocycles. The number of rotatable bonds is 3. The van der Waals surface area contributed by atoms with Gasteiger partial charge in [-0.2, -0.15) is 0 Å². The minimum atomic E-state index is -4.14. The quantitative estimate of drug-likeness (QED) is 0.926. The first-order valence-electron chi connectivity index (χ1n) is 6.68. The third-order valence-electron chi connectivity index (χ3n) is 3.75. The summed E-state index contributed by atoms with van der Waals surface area (Å²) in [5.41, 5.74) is 6.13. The zero-order valence-electron chi connectivity index (χ0n) is 11.7. The largest absolute Gasteiger partial charge is 0.369 e. The fourth-order valence-electron chi connectivity index (χ4n) is 2.61. The molecular weight excluding hydrogens is 326 g/mol. The number of carbonyl (C=O) groups excluding carboxylic acids is 1. The molecule has 23 heavy (non-hydrogen) atoms. The van der Waals surface area contributed by atoms with Gasteiger partial charge >= 0.3 is 0 Å². The predicted molar refractivity (Wildman–Crippen MR) is 79.3 cm³/mol. The number of hydrogen-bond donors (Lipinski definition) is 1. The van der Waals surface area contributed by atoms with Gasteiger partial charge in [-0.05, 0) is 29.8 Å². The molecule has 0 saturated carbocycles. The number of nitrogens with two attached hydrogens (primary N) is 1. The Morgan fingerprint density at radius 3 is 2.48 bits per heavy atom. The topological polar surface area (TPSA) is 80.5 Å². The Labute approximate surface area is 131 Å². The number of hydrogen-bond acceptors (Lipinski definition) is 3. The number of anilines is 1. The summed E-state index contributed by atoms with van der Waals surface area (Å²) in [4.78, 5) is 11.2. The van der Waals surface area contributed by atoms with Crippen LogP contribution in [0.1, 0.15) is 11.5 Å². The van der Waals surface area contributed by atoms with E-state index in [0.717, 1.165) is 16.4 Å². The average Bonchev–Trinajstić information content (AvgIpc) is 2.90. The van der Waals surface area contributed by atoms with Gasteiger partial charge in [-0.25, -0.2) is 17.2 Å². The van der Waals surface area contributed by atoms with Crippen LogP contribution in [0.25, 0.3) is 0 Å². The lowest BCUT2D eigenvalue weighted by atomic mass is 10.0. The van der Waals surface area contributed by atoms with E-state index in [2.05, 4.69) is 0 Å². The molecule has 120 valence electrons. The lowest BCUT2D eigenvalue weighted by molar-refractivity contribution is -0.119. The molecule has 0 saturated heterocycles. The molecule has 3 rings (SSSR count). The van der Waals surface area contributed by atoms with Gasteiger partial charge in [-0.1, -0.05) is 18.2 Å². The third kappa shape index (κ3) is 2.44. The third-order valence-corrected chi connectivity index (χ3v) is 5.53. The highest BCUT2D eigenvalue weighted by Crippen LogP contribution is 2.39. The van der Waals surface area contributed by atoms with E-state index in [9.17, 15) is 22.0 Å². The molecule has 8 heteroatoms. The molecule has 0 aromatic heterocycles. The van der Waals surface area contributed by atoms with E-state index in [0.29, 0.717) is 17.3 Å². The molecule has 0 unspecified atom stereocenters. The van der Waals surface area contributed by atoms with Crippen LogP contribution in [0.5, 0.6) is 0 Å². The Morgan fingerprint density at radius 2 is 1.83 bits per heavy atom. The number of halogens is 2. The first-order chi connectivity index (χ1) is 10.8. The molecule has 5 nitrogen and oxygen atoms in total. The van der Waals surface area contributed by atoms with Gasteiger partial charge < -0.3 is 5.73 Å². The Morgan fingerprint density at radius 1 is 1.13 bits per heavy atom. The Balaban J connectivity index is 2.11. The van der Waals surface area contributed by atoms with Crippen molar-refractivity contribution in [3.63, 3.8) is 0 Å². The van der Waals surface area contributed by atoms with E-state index >= 15 is 0 Å². The molecule has 0 bridgehead atoms. The van der Waals surface area contributed by atoms with Crippen molar-refractivity contribution in [3.05, 3.63) is 59.7 Å². The van der Waals surface area contributed by atoms with Gasteiger partial charge in [0.25, 0.3) is 10.0 Å². The minimum Gasteiger partial charge on any atom is -0.369 e. The molecule has 1 amide bonds. The fourth-order valence-corrected chi connectivity index (χ4v) is 4.12. The van der Waals surface area contributed by atoms with E-state index in [4.69, 9.17) is 5.73 Å². The first-order valence-corrected chi connectivity index (χ1v) is 8.12. The molecule has 0 aliphatic carbocycles. The summed E-state index contributed by atoms with van der Waals surface area (Å²) in [6, 6.07) is 8.79. The first kappa shape index (κ1) is 15.4. The lowest BCUT2D eigenvalue weighted by Gasteiger charge is -2.19. The highest BCUT2D eigenvalue weighted by Gasteiger charge is 2.39. The Hall–Kier alpha value is -2.48. The molecule has 1 heterocycles. The number of fused-ring (bicyclic) bond motifs is 1. The van der Waals surface area contributed by atoms with Crippen LogP contribution in [0, 0.1) is 11.6 Å². The summed E-state index contributed by atoms with van der Waals surface area (Å²) in [6.45, 7) is -0.171. The molecule has 0 radical (unpaired) electrons. The van der Waals surface area contributed by atoms with Gasteiger partial charge in [0, 0.05) is 0 Å². The van der Waals surface area contributed by atoms with Crippen molar-refractivity contribution in [2.75, 3.05) is 10.8 Å². The smallest absolute Gasteiger partial charge is 0.264 e. The van der Waals surface area contributed by atoms with E-state index < -0.39 is 38.4 Å². The highest BCUT2D eigenvalue weighted by atomic mass is 32.2. The van der Waals surface area contributed by atoms with Gasteiger partial charge in [0.05, 0.1) is 23.0 Å². The van der Waals surface area contributed by atoms with Crippen molar-refractivity contribution in [1.29, 1.82) is 0 Å². The van der Waals surface area contributed by atoms with E-state index in [1.165, 1.54) is 6.07 Å². The molecule has 1 aliphatic rings. The zero-order valence-corrected chi connectivity index (χ0v) is 12.6. The van der Waals surface area contributed by atoms with Crippen molar-refractivity contribution < 1.29 is 22.0 Å². The van der Waals surface area contributed by atoms with Gasteiger partial charge in [0.15, 0.2) is 11.6 Å². The molecule has 1 atom stereocenters. The maximum atomic E-state index is 13.4. The van der Waals surface area contributed by atoms with Crippen LogP contribution in [-0.2, 0) is 14.8 Å². The van der Waals surface area contributed by atoms with Crippen LogP contribution in [0.3, 0.4) is 0 Å². The zero-order chi connectivity index (χ0) is 16.8. The van der Waals surface area contributed by atoms with Crippen LogP contribution in [0.15, 0.2) is 47.4 Å². The van der Waals surface area contributed by atoms with Gasteiger partial charge in [-0.15, -0.1) is 0 Å². The van der Waals surface area contributed by atoms with Crippen molar-refractivity contribution >= 4 is 21.6 Å². The number of nitrogens with zero attached hydrogens (tertiary/aromatic N) is 1. The molecular formula is C15H12F2N2O3S. The minimum absolute atomic E-state index is 0.171. The van der Waals surface area contributed by atoms with Gasteiger partial charge in [0.2, 0.25) is 5.91 Å². The maximum Gasteiger partial charge on any atom is 0.264 e. The summed E-state index contributed by atoms with van der Waals surface area (Å²) >= 11 is 0. The number of amides is 1. The molecule has 1 aliphatic heterocycles. The predicted octanol–water partition coefficient (Wildman–Crippen LogP) is 1.74. The number of benzene rings is 2. The van der Waals surface area contributed by atoms with Crippen molar-refractivity contribution in [3.8, 4) is 0 Å². The molecule has 2 aromatic rings. The summed E-state index contributed by atoms with van der Waals surface area (Å²) in [5, 5.41) is 0. The Kier molecular flexibility index (Phi) is 3.56. The number of para-hydroxylation sites is 1. The van der Waals surface area contributed by atoms with E-state index in [-0.39, 0.29) is 6.54 Å². The summed E-state index contributed by atoms with van der Waals surface area (Å²) in [5.74, 6) is -3.84. The summed E-state index contributed by atoms with van der Waals surface area (Å²) in [6.07, 6.45) is 0. The monoisotopic (exact) mass is 338 g/mol. The molecule has 0 spiro atoms. The SMILES string of the molecule is NC(=O)[C@H]1CN(S(=O)(=O)c2ccc(F)c(F)c2)c2ccccc21. The van der Waals surface area contributed by atoms with E-state index in [1.807, 2.05) is 0 Å². The average molecular weight is 338 g/mol. The number of primary amides is 1. The van der Waals surface area contributed by atoms with Crippen LogP contribution >= 0.6 is 0 Å².